The molecule has 1 aromatic carbocycles. The van der Waals surface area contributed by atoms with Crippen LogP contribution >= 0.6 is 0 Å². The molecule has 0 aliphatic heterocycles. The molecular formula is C18H15N7O2. The number of hydrogen-bond donors (Lipinski definition) is 1. The van der Waals surface area contributed by atoms with Crippen LogP contribution in [-0.4, -0.2) is 36.0 Å². The first-order valence-electron chi connectivity index (χ1n) is 8.23. The van der Waals surface area contributed by atoms with Crippen LogP contribution in [0.4, 0.5) is 0 Å². The minimum atomic E-state index is -0.271. The monoisotopic (exact) mass is 361 g/mol. The summed E-state index contributed by atoms with van der Waals surface area (Å²) in [7, 11) is 0. The van der Waals surface area contributed by atoms with E-state index in [0.29, 0.717) is 16.9 Å². The molecule has 0 atom stereocenters. The van der Waals surface area contributed by atoms with Gasteiger partial charge >= 0.3 is 0 Å². The predicted molar refractivity (Wildman–Crippen MR) is 95.5 cm³/mol. The van der Waals surface area contributed by atoms with E-state index < -0.39 is 0 Å². The zero-order valence-electron chi connectivity index (χ0n) is 14.7. The second-order valence-corrected chi connectivity index (χ2v) is 5.86. The number of benzene rings is 1. The van der Waals surface area contributed by atoms with Crippen molar-refractivity contribution in [2.24, 2.45) is 0 Å². The van der Waals surface area contributed by atoms with Crippen molar-refractivity contribution in [3.05, 3.63) is 59.5 Å². The molecule has 4 rings (SSSR count). The molecule has 0 bridgehead atoms. The van der Waals surface area contributed by atoms with E-state index in [0.717, 1.165) is 16.9 Å². The van der Waals surface area contributed by atoms with Crippen LogP contribution in [0.25, 0.3) is 22.7 Å². The first kappa shape index (κ1) is 16.7. The van der Waals surface area contributed by atoms with Gasteiger partial charge in [-0.3, -0.25) is 4.79 Å². The van der Waals surface area contributed by atoms with Gasteiger partial charge in [0.2, 0.25) is 17.5 Å². The average molecular weight is 361 g/mol. The van der Waals surface area contributed by atoms with Gasteiger partial charge in [-0.25, -0.2) is 19.9 Å². The highest BCUT2D eigenvalue weighted by Gasteiger charge is 2.13. The van der Waals surface area contributed by atoms with Crippen molar-refractivity contribution < 1.29 is 9.32 Å². The Morgan fingerprint density at radius 3 is 2.52 bits per heavy atom. The van der Waals surface area contributed by atoms with Crippen molar-refractivity contribution in [3.8, 4) is 11.6 Å². The average Bonchev–Trinajstić information content (AvgIpc) is 3.16. The quantitative estimate of drug-likeness (QED) is 0.586. The summed E-state index contributed by atoms with van der Waals surface area (Å²) in [6.07, 6.45) is 3.18. The zero-order chi connectivity index (χ0) is 18.8. The fourth-order valence-electron chi connectivity index (χ4n) is 2.46. The number of aryl methyl sites for hydroxylation is 2. The van der Waals surface area contributed by atoms with E-state index in [9.17, 15) is 4.79 Å². The number of hydrogen-bond acceptors (Lipinski definition) is 8. The van der Waals surface area contributed by atoms with Crippen LogP contribution in [-0.2, 0) is 6.54 Å². The Kier molecular flexibility index (Phi) is 4.25. The maximum atomic E-state index is 12.4. The van der Waals surface area contributed by atoms with Gasteiger partial charge in [0.1, 0.15) is 0 Å². The molecule has 3 heterocycles. The van der Waals surface area contributed by atoms with Gasteiger partial charge in [0.15, 0.2) is 0 Å². The minimum Gasteiger partial charge on any atom is -0.343 e. The van der Waals surface area contributed by atoms with Gasteiger partial charge in [0.25, 0.3) is 5.91 Å². The molecule has 0 unspecified atom stereocenters. The van der Waals surface area contributed by atoms with E-state index >= 15 is 0 Å². The lowest BCUT2D eigenvalue weighted by Gasteiger charge is -2.05. The van der Waals surface area contributed by atoms with Crippen molar-refractivity contribution in [3.63, 3.8) is 0 Å². The minimum absolute atomic E-state index is 0.0926. The lowest BCUT2D eigenvalue weighted by atomic mass is 10.1. The molecule has 0 aliphatic carbocycles. The Morgan fingerprint density at radius 1 is 1.00 bits per heavy atom. The first-order chi connectivity index (χ1) is 13.1. The third kappa shape index (κ3) is 3.47. The number of amides is 1. The van der Waals surface area contributed by atoms with Gasteiger partial charge in [0.05, 0.1) is 29.0 Å². The van der Waals surface area contributed by atoms with Crippen molar-refractivity contribution in [1.82, 2.24) is 35.4 Å². The molecule has 9 heteroatoms. The molecule has 0 saturated heterocycles. The normalized spacial score (nSPS) is 10.9. The standard InChI is InChI=1S/C18H15N7O2/c1-10-11(2)23-14-8-12(4-5-13(14)22-10)18(26)21-9-15-24-17(25-27-15)16-19-6-3-7-20-16/h3-8H,9H2,1-2H3,(H,21,26). The highest BCUT2D eigenvalue weighted by molar-refractivity contribution is 5.97. The predicted octanol–water partition coefficient (Wildman–Crippen LogP) is 2.02. The molecule has 1 N–H and O–H groups in total. The van der Waals surface area contributed by atoms with E-state index in [1.807, 2.05) is 13.8 Å². The Balaban J connectivity index is 1.47. The van der Waals surface area contributed by atoms with Crippen molar-refractivity contribution in [1.29, 1.82) is 0 Å². The maximum Gasteiger partial charge on any atom is 0.251 e. The third-order valence-corrected chi connectivity index (χ3v) is 3.97. The summed E-state index contributed by atoms with van der Waals surface area (Å²) in [6, 6.07) is 6.89. The summed E-state index contributed by atoms with van der Waals surface area (Å²) < 4.78 is 5.13. The maximum absolute atomic E-state index is 12.4. The zero-order valence-corrected chi connectivity index (χ0v) is 14.7. The van der Waals surface area contributed by atoms with E-state index in [4.69, 9.17) is 4.52 Å². The smallest absolute Gasteiger partial charge is 0.251 e. The van der Waals surface area contributed by atoms with E-state index in [1.165, 1.54) is 0 Å². The lowest BCUT2D eigenvalue weighted by molar-refractivity contribution is 0.0946. The number of carbonyl (C=O) groups is 1. The van der Waals surface area contributed by atoms with E-state index in [1.54, 1.807) is 36.7 Å². The highest BCUT2D eigenvalue weighted by Crippen LogP contribution is 2.15. The van der Waals surface area contributed by atoms with Crippen LogP contribution in [0.1, 0.15) is 27.6 Å². The summed E-state index contributed by atoms with van der Waals surface area (Å²) in [5.74, 6) is 0.620. The largest absolute Gasteiger partial charge is 0.343 e. The Morgan fingerprint density at radius 2 is 1.74 bits per heavy atom. The number of nitrogens with one attached hydrogen (secondary N) is 1. The van der Waals surface area contributed by atoms with Gasteiger partial charge in [-0.15, -0.1) is 0 Å². The molecule has 134 valence electrons. The molecule has 4 aromatic rings. The molecule has 0 radical (unpaired) electrons. The molecule has 3 aromatic heterocycles. The lowest BCUT2D eigenvalue weighted by Crippen LogP contribution is -2.23. The summed E-state index contributed by atoms with van der Waals surface area (Å²) in [5.41, 5.74) is 3.60. The number of rotatable bonds is 4. The van der Waals surface area contributed by atoms with Crippen LogP contribution in [0.15, 0.2) is 41.2 Å². The summed E-state index contributed by atoms with van der Waals surface area (Å²) >= 11 is 0. The van der Waals surface area contributed by atoms with Crippen LogP contribution in [0, 0.1) is 13.8 Å². The van der Waals surface area contributed by atoms with Crippen molar-refractivity contribution in [2.45, 2.75) is 20.4 Å². The van der Waals surface area contributed by atoms with Gasteiger partial charge in [0, 0.05) is 18.0 Å². The third-order valence-electron chi connectivity index (χ3n) is 3.97. The van der Waals surface area contributed by atoms with Crippen LogP contribution < -0.4 is 5.32 Å². The molecule has 9 nitrogen and oxygen atoms in total. The number of carbonyl (C=O) groups excluding carboxylic acids is 1. The molecule has 0 fully saturated rings. The number of aromatic nitrogens is 6. The van der Waals surface area contributed by atoms with Gasteiger partial charge < -0.3 is 9.84 Å². The second-order valence-electron chi connectivity index (χ2n) is 5.86. The molecular weight excluding hydrogens is 346 g/mol. The summed E-state index contributed by atoms with van der Waals surface area (Å²) in [6.45, 7) is 3.88. The highest BCUT2D eigenvalue weighted by atomic mass is 16.5. The number of nitrogens with zero attached hydrogens (tertiary/aromatic N) is 6. The molecule has 27 heavy (non-hydrogen) atoms. The Bertz CT molecular complexity index is 1130. The second kappa shape index (κ2) is 6.87. The van der Waals surface area contributed by atoms with Crippen LogP contribution in [0.5, 0.6) is 0 Å². The Hall–Kier alpha value is -3.75. The molecule has 0 saturated carbocycles. The van der Waals surface area contributed by atoms with Gasteiger partial charge in [-0.05, 0) is 38.1 Å². The van der Waals surface area contributed by atoms with Gasteiger partial charge in [-0.1, -0.05) is 5.16 Å². The fourth-order valence-corrected chi connectivity index (χ4v) is 2.46. The van der Waals surface area contributed by atoms with E-state index in [-0.39, 0.29) is 24.2 Å². The molecule has 0 aliphatic rings. The van der Waals surface area contributed by atoms with Crippen molar-refractivity contribution in [2.75, 3.05) is 0 Å². The topological polar surface area (TPSA) is 120 Å². The molecule has 1 amide bonds. The van der Waals surface area contributed by atoms with Crippen molar-refractivity contribution >= 4 is 16.9 Å². The van der Waals surface area contributed by atoms with Crippen LogP contribution in [0.2, 0.25) is 0 Å². The fraction of sp³-hybridized carbons (Fsp3) is 0.167. The SMILES string of the molecule is Cc1nc2ccc(C(=O)NCc3nc(-c4ncccn4)no3)cc2nc1C. The summed E-state index contributed by atoms with van der Waals surface area (Å²) in [5, 5.41) is 6.56. The van der Waals surface area contributed by atoms with Crippen LogP contribution in [0.3, 0.4) is 0 Å². The number of fused-ring (bicyclic) bond motifs is 1. The van der Waals surface area contributed by atoms with E-state index in [2.05, 4.69) is 35.4 Å². The summed E-state index contributed by atoms with van der Waals surface area (Å²) in [4.78, 5) is 33.6. The van der Waals surface area contributed by atoms with Gasteiger partial charge in [-0.2, -0.15) is 4.98 Å². The molecule has 0 spiro atoms. The first-order valence-corrected chi connectivity index (χ1v) is 8.23. The Labute approximate surface area is 153 Å².